The molecule has 5 aromatic rings. The Labute approximate surface area is 204 Å². The number of carbonyl (C=O) groups excluding carboxylic acids is 1. The maximum absolute atomic E-state index is 14.0. The van der Waals surface area contributed by atoms with Crippen molar-refractivity contribution in [2.45, 2.75) is 45.7 Å². The molecule has 10 heteroatoms. The predicted molar refractivity (Wildman–Crippen MR) is 131 cm³/mol. The van der Waals surface area contributed by atoms with Crippen LogP contribution in [0, 0.1) is 19.7 Å². The number of amides is 1. The second kappa shape index (κ2) is 8.40. The van der Waals surface area contributed by atoms with E-state index >= 15 is 0 Å². The summed E-state index contributed by atoms with van der Waals surface area (Å²) in [5, 5.41) is 7.51. The van der Waals surface area contributed by atoms with Crippen LogP contribution in [0.5, 0.6) is 0 Å². The number of rotatable bonds is 6. The molecule has 0 radical (unpaired) electrons. The third-order valence-corrected chi connectivity index (χ3v) is 6.47. The average Bonchev–Trinajstić information content (AvgIpc) is 3.52. The summed E-state index contributed by atoms with van der Waals surface area (Å²) in [6.07, 6.45) is 3.55. The number of nitrogens with zero attached hydrogens (tertiary/aromatic N) is 5. The number of halogens is 1. The smallest absolute Gasteiger partial charge is 0.278 e. The van der Waals surface area contributed by atoms with Crippen molar-refractivity contribution in [3.05, 3.63) is 81.7 Å². The van der Waals surface area contributed by atoms with Crippen molar-refractivity contribution >= 4 is 33.5 Å². The molecule has 1 amide bonds. The molecule has 1 saturated carbocycles. The van der Waals surface area contributed by atoms with E-state index in [1.165, 1.54) is 17.0 Å². The molecule has 2 aromatic carbocycles. The van der Waals surface area contributed by atoms with Crippen LogP contribution in [0.2, 0.25) is 0 Å². The highest BCUT2D eigenvalue weighted by molar-refractivity contribution is 6.06. The Morgan fingerprint density at radius 1 is 1.19 bits per heavy atom. The minimum atomic E-state index is -0.405. The fraction of sp³-hybridized carbons (Fsp3) is 0.269. The number of aromatic nitrogens is 5. The van der Waals surface area contributed by atoms with Crippen molar-refractivity contribution in [2.24, 2.45) is 0 Å². The molecule has 6 rings (SSSR count). The van der Waals surface area contributed by atoms with Gasteiger partial charge < -0.3 is 14.4 Å². The zero-order valence-electron chi connectivity index (χ0n) is 19.8. The molecule has 36 heavy (non-hydrogen) atoms. The van der Waals surface area contributed by atoms with Crippen molar-refractivity contribution < 1.29 is 13.7 Å². The van der Waals surface area contributed by atoms with Crippen LogP contribution in [0.4, 0.5) is 10.1 Å². The summed E-state index contributed by atoms with van der Waals surface area (Å²) in [7, 11) is 0. The molecule has 1 fully saturated rings. The Bertz CT molecular complexity index is 1710. The minimum Gasteiger partial charge on any atom is -0.337 e. The van der Waals surface area contributed by atoms with Gasteiger partial charge in [0.25, 0.3) is 5.56 Å². The maximum Gasteiger partial charge on any atom is 0.278 e. The fourth-order valence-electron chi connectivity index (χ4n) is 4.39. The Hall–Kier alpha value is -4.34. The molecule has 0 spiro atoms. The summed E-state index contributed by atoms with van der Waals surface area (Å²) in [5.74, 6) is 0.543. The summed E-state index contributed by atoms with van der Waals surface area (Å²) in [5.41, 5.74) is 3.02. The van der Waals surface area contributed by atoms with Crippen LogP contribution >= 0.6 is 0 Å². The lowest BCUT2D eigenvalue weighted by Crippen LogP contribution is -2.25. The molecule has 1 aliphatic rings. The van der Waals surface area contributed by atoms with Gasteiger partial charge in [-0.15, -0.1) is 0 Å². The van der Waals surface area contributed by atoms with Gasteiger partial charge in [-0.25, -0.2) is 9.37 Å². The number of benzene rings is 2. The highest BCUT2D eigenvalue weighted by atomic mass is 19.1. The molecule has 0 atom stereocenters. The fourth-order valence-corrected chi connectivity index (χ4v) is 4.39. The first-order valence-electron chi connectivity index (χ1n) is 11.7. The molecule has 0 unspecified atom stereocenters. The van der Waals surface area contributed by atoms with Gasteiger partial charge in [-0.1, -0.05) is 22.9 Å². The van der Waals surface area contributed by atoms with Crippen molar-refractivity contribution in [3.8, 4) is 0 Å². The quantitative estimate of drug-likeness (QED) is 0.388. The average molecular weight is 487 g/mol. The van der Waals surface area contributed by atoms with Crippen molar-refractivity contribution in [2.75, 3.05) is 5.32 Å². The number of hydrogen-bond acceptors (Lipinski definition) is 6. The number of carbonyl (C=O) groups is 1. The second-order valence-electron chi connectivity index (χ2n) is 9.31. The lowest BCUT2D eigenvalue weighted by atomic mass is 10.1. The van der Waals surface area contributed by atoms with Crippen molar-refractivity contribution in [3.63, 3.8) is 0 Å². The molecule has 0 bridgehead atoms. The van der Waals surface area contributed by atoms with Gasteiger partial charge >= 0.3 is 0 Å². The van der Waals surface area contributed by atoms with Crippen LogP contribution in [-0.4, -0.2) is 30.2 Å². The van der Waals surface area contributed by atoms with Crippen LogP contribution in [0.1, 0.15) is 41.6 Å². The van der Waals surface area contributed by atoms with Crippen LogP contribution in [0.25, 0.3) is 21.9 Å². The summed E-state index contributed by atoms with van der Waals surface area (Å²) >= 11 is 0. The zero-order chi connectivity index (χ0) is 25.0. The lowest BCUT2D eigenvalue weighted by molar-refractivity contribution is -0.116. The van der Waals surface area contributed by atoms with E-state index in [1.54, 1.807) is 23.6 Å². The highest BCUT2D eigenvalue weighted by Crippen LogP contribution is 2.38. The van der Waals surface area contributed by atoms with Gasteiger partial charge in [0.1, 0.15) is 29.9 Å². The SMILES string of the molecule is Cc1ccc2c(c1)c1ncn(Cc3nc(C4CC4)no3)c(=O)c1n2CC(=O)Nc1ccc(C)c(F)c1. The third-order valence-electron chi connectivity index (χ3n) is 6.47. The van der Waals surface area contributed by atoms with Crippen molar-refractivity contribution in [1.29, 1.82) is 0 Å². The van der Waals surface area contributed by atoms with Gasteiger partial charge in [0.2, 0.25) is 11.8 Å². The monoisotopic (exact) mass is 486 g/mol. The molecular weight excluding hydrogens is 463 g/mol. The number of fused-ring (bicyclic) bond motifs is 3. The summed E-state index contributed by atoms with van der Waals surface area (Å²) in [6.45, 7) is 3.54. The maximum atomic E-state index is 14.0. The van der Waals surface area contributed by atoms with E-state index in [2.05, 4.69) is 20.4 Å². The largest absolute Gasteiger partial charge is 0.337 e. The van der Waals surface area contributed by atoms with E-state index in [0.717, 1.165) is 23.8 Å². The van der Waals surface area contributed by atoms with Gasteiger partial charge in [-0.2, -0.15) is 4.98 Å². The van der Waals surface area contributed by atoms with Gasteiger partial charge in [0.15, 0.2) is 5.82 Å². The van der Waals surface area contributed by atoms with E-state index in [0.29, 0.717) is 45.4 Å². The molecule has 0 saturated heterocycles. The Morgan fingerprint density at radius 3 is 2.81 bits per heavy atom. The van der Waals surface area contributed by atoms with Gasteiger partial charge in [0.05, 0.1) is 11.8 Å². The van der Waals surface area contributed by atoms with Gasteiger partial charge in [-0.3, -0.25) is 14.2 Å². The highest BCUT2D eigenvalue weighted by Gasteiger charge is 2.29. The molecule has 1 aliphatic carbocycles. The van der Waals surface area contributed by atoms with E-state index in [9.17, 15) is 14.0 Å². The molecule has 0 aliphatic heterocycles. The zero-order valence-corrected chi connectivity index (χ0v) is 19.8. The Morgan fingerprint density at radius 2 is 2.03 bits per heavy atom. The normalized spacial score (nSPS) is 13.5. The molecule has 1 N–H and O–H groups in total. The number of aryl methyl sites for hydroxylation is 2. The van der Waals surface area contributed by atoms with E-state index in [1.807, 2.05) is 25.1 Å². The van der Waals surface area contributed by atoms with Crippen LogP contribution in [0.3, 0.4) is 0 Å². The van der Waals surface area contributed by atoms with E-state index in [-0.39, 0.29) is 18.6 Å². The summed E-state index contributed by atoms with van der Waals surface area (Å²) in [6, 6.07) is 10.2. The van der Waals surface area contributed by atoms with E-state index in [4.69, 9.17) is 4.52 Å². The van der Waals surface area contributed by atoms with Crippen LogP contribution < -0.4 is 10.9 Å². The molecule has 3 aromatic heterocycles. The molecular formula is C26H23FN6O3. The molecule has 9 nitrogen and oxygen atoms in total. The van der Waals surface area contributed by atoms with Crippen molar-refractivity contribution in [1.82, 2.24) is 24.3 Å². The standard InChI is InChI=1S/C26H23FN6O3/c1-14-3-8-20-18(9-14)23-24(33(20)11-21(34)29-17-7-4-15(2)19(27)10-17)26(35)32(13-28-23)12-22-30-25(31-36-22)16-5-6-16/h3-4,7-10,13,16H,5-6,11-12H2,1-2H3,(H,29,34). The summed E-state index contributed by atoms with van der Waals surface area (Å²) in [4.78, 5) is 35.6. The molecule has 3 heterocycles. The van der Waals surface area contributed by atoms with Crippen LogP contribution in [-0.2, 0) is 17.9 Å². The Kier molecular flexibility index (Phi) is 5.17. The molecule has 182 valence electrons. The second-order valence-corrected chi connectivity index (χ2v) is 9.31. The summed E-state index contributed by atoms with van der Waals surface area (Å²) < 4.78 is 22.4. The third kappa shape index (κ3) is 3.94. The number of nitrogens with one attached hydrogen (secondary N) is 1. The first-order chi connectivity index (χ1) is 17.4. The Balaban J connectivity index is 1.40. The van der Waals surface area contributed by atoms with Gasteiger partial charge in [0, 0.05) is 17.0 Å². The predicted octanol–water partition coefficient (Wildman–Crippen LogP) is 4.05. The van der Waals surface area contributed by atoms with Crippen LogP contribution in [0.15, 0.2) is 52.0 Å². The first-order valence-corrected chi connectivity index (χ1v) is 11.7. The van der Waals surface area contributed by atoms with Gasteiger partial charge in [-0.05, 0) is 56.5 Å². The number of anilines is 1. The minimum absolute atomic E-state index is 0.0802. The first kappa shape index (κ1) is 22.1. The number of hydrogen-bond donors (Lipinski definition) is 1. The van der Waals surface area contributed by atoms with E-state index < -0.39 is 11.7 Å². The lowest BCUT2D eigenvalue weighted by Gasteiger charge is -2.10. The topological polar surface area (TPSA) is 108 Å².